The molecule has 0 N–H and O–H groups in total. The molecule has 1 aliphatic heterocycles. The highest BCUT2D eigenvalue weighted by atomic mass is 32.2. The van der Waals surface area contributed by atoms with Gasteiger partial charge in [-0.05, 0) is 29.1 Å². The topological polar surface area (TPSA) is 46.6 Å². The summed E-state index contributed by atoms with van der Waals surface area (Å²) in [6.45, 7) is 0.425. The molecule has 1 saturated heterocycles. The van der Waals surface area contributed by atoms with E-state index in [0.29, 0.717) is 5.56 Å². The maximum atomic E-state index is 13.7. The number of morpholine rings is 1. The Labute approximate surface area is 131 Å². The van der Waals surface area contributed by atoms with Crippen LogP contribution in [0, 0.1) is 11.6 Å². The Morgan fingerprint density at radius 1 is 1.27 bits per heavy atom. The van der Waals surface area contributed by atoms with Crippen molar-refractivity contribution in [2.45, 2.75) is 10.3 Å². The third-order valence-electron chi connectivity index (χ3n) is 3.44. The number of sulfonamides is 1. The molecule has 0 bridgehead atoms. The highest BCUT2D eigenvalue weighted by Crippen LogP contribution is 2.33. The third kappa shape index (κ3) is 2.79. The molecule has 0 saturated carbocycles. The van der Waals surface area contributed by atoms with Gasteiger partial charge in [0.05, 0.1) is 19.3 Å². The fraction of sp³-hybridized carbons (Fsp3) is 0.286. The minimum atomic E-state index is -3.99. The summed E-state index contributed by atoms with van der Waals surface area (Å²) in [4.78, 5) is 0. The van der Waals surface area contributed by atoms with Crippen LogP contribution in [0.4, 0.5) is 8.78 Å². The van der Waals surface area contributed by atoms with Crippen LogP contribution in [0.25, 0.3) is 0 Å². The molecule has 1 aromatic carbocycles. The lowest BCUT2D eigenvalue weighted by atomic mass is 10.1. The summed E-state index contributed by atoms with van der Waals surface area (Å²) in [7, 11) is -3.99. The van der Waals surface area contributed by atoms with Crippen LogP contribution in [0.15, 0.2) is 39.9 Å². The molecule has 118 valence electrons. The van der Waals surface area contributed by atoms with Crippen molar-refractivity contribution in [3.05, 3.63) is 52.9 Å². The van der Waals surface area contributed by atoms with Gasteiger partial charge in [-0.25, -0.2) is 17.2 Å². The Balaban J connectivity index is 2.02. The maximum absolute atomic E-state index is 13.7. The van der Waals surface area contributed by atoms with E-state index < -0.39 is 27.7 Å². The van der Waals surface area contributed by atoms with Gasteiger partial charge >= 0.3 is 0 Å². The summed E-state index contributed by atoms with van der Waals surface area (Å²) >= 11 is 0.831. The molecule has 1 aliphatic rings. The van der Waals surface area contributed by atoms with E-state index in [1.54, 1.807) is 6.07 Å². The van der Waals surface area contributed by atoms with Crippen LogP contribution < -0.4 is 0 Å². The van der Waals surface area contributed by atoms with Gasteiger partial charge < -0.3 is 4.74 Å². The molecular formula is C14H13F2NO3S2. The number of hydrogen-bond acceptors (Lipinski definition) is 4. The summed E-state index contributed by atoms with van der Waals surface area (Å²) in [6, 6.07) is 6.15. The number of halogens is 2. The minimum absolute atomic E-state index is 0.0981. The predicted octanol–water partition coefficient (Wildman–Crippen LogP) is 2.79. The Kier molecular flexibility index (Phi) is 4.26. The van der Waals surface area contributed by atoms with E-state index in [9.17, 15) is 17.2 Å². The monoisotopic (exact) mass is 345 g/mol. The van der Waals surface area contributed by atoms with E-state index in [1.807, 2.05) is 0 Å². The van der Waals surface area contributed by atoms with Crippen LogP contribution >= 0.6 is 11.3 Å². The first-order valence-electron chi connectivity index (χ1n) is 6.58. The van der Waals surface area contributed by atoms with Gasteiger partial charge in [0, 0.05) is 6.54 Å². The van der Waals surface area contributed by atoms with Crippen LogP contribution in [-0.4, -0.2) is 32.5 Å². The Bertz CT molecular complexity index is 776. The van der Waals surface area contributed by atoms with Crippen molar-refractivity contribution >= 4 is 21.4 Å². The lowest BCUT2D eigenvalue weighted by molar-refractivity contribution is 0.0320. The number of thiophene rings is 1. The van der Waals surface area contributed by atoms with Gasteiger partial charge in [-0.3, -0.25) is 0 Å². The molecule has 1 atom stereocenters. The van der Waals surface area contributed by atoms with Crippen molar-refractivity contribution in [2.75, 3.05) is 19.8 Å². The van der Waals surface area contributed by atoms with Gasteiger partial charge in [0.1, 0.15) is 5.82 Å². The molecule has 2 aromatic rings. The summed E-state index contributed by atoms with van der Waals surface area (Å²) in [5.41, 5.74) is 0.486. The zero-order valence-corrected chi connectivity index (χ0v) is 13.0. The standard InChI is InChI=1S/C14H13F2NO3S2/c15-11-3-1-2-10(8-11)13-9-20-6-5-17(13)22(18,19)14-12(16)4-7-21-14/h1-4,7-8,13H,5-6,9H2. The molecule has 22 heavy (non-hydrogen) atoms. The summed E-state index contributed by atoms with van der Waals surface area (Å²) in [5, 5.41) is 1.39. The van der Waals surface area contributed by atoms with Gasteiger partial charge in [0.15, 0.2) is 10.0 Å². The Morgan fingerprint density at radius 2 is 2.09 bits per heavy atom. The molecule has 0 spiro atoms. The number of ether oxygens (including phenoxy) is 1. The minimum Gasteiger partial charge on any atom is -0.378 e. The lowest BCUT2D eigenvalue weighted by Crippen LogP contribution is -2.43. The first-order chi connectivity index (χ1) is 10.5. The molecule has 8 heteroatoms. The van der Waals surface area contributed by atoms with Gasteiger partial charge in [-0.15, -0.1) is 11.3 Å². The normalized spacial score (nSPS) is 20.2. The van der Waals surface area contributed by atoms with E-state index >= 15 is 0 Å². The van der Waals surface area contributed by atoms with Crippen LogP contribution in [-0.2, 0) is 14.8 Å². The predicted molar refractivity (Wildman–Crippen MR) is 78.1 cm³/mol. The van der Waals surface area contributed by atoms with Crippen LogP contribution in [0.1, 0.15) is 11.6 Å². The molecular weight excluding hydrogens is 332 g/mol. The van der Waals surface area contributed by atoms with Gasteiger partial charge in [0.2, 0.25) is 0 Å². The molecule has 3 rings (SSSR count). The first-order valence-corrected chi connectivity index (χ1v) is 8.90. The van der Waals surface area contributed by atoms with Crippen molar-refractivity contribution in [2.24, 2.45) is 0 Å². The second-order valence-electron chi connectivity index (χ2n) is 4.82. The number of rotatable bonds is 3. The quantitative estimate of drug-likeness (QED) is 0.859. The summed E-state index contributed by atoms with van der Waals surface area (Å²) in [5.74, 6) is -1.22. The largest absolute Gasteiger partial charge is 0.378 e. The average Bonchev–Trinajstić information content (AvgIpc) is 2.94. The van der Waals surface area contributed by atoms with E-state index in [2.05, 4.69) is 0 Å². The molecule has 1 aromatic heterocycles. The van der Waals surface area contributed by atoms with E-state index in [-0.39, 0.29) is 24.0 Å². The van der Waals surface area contributed by atoms with Crippen molar-refractivity contribution in [3.63, 3.8) is 0 Å². The summed E-state index contributed by atoms with van der Waals surface area (Å²) < 4.78 is 58.7. The van der Waals surface area contributed by atoms with Gasteiger partial charge in [-0.2, -0.15) is 4.31 Å². The molecule has 4 nitrogen and oxygen atoms in total. The van der Waals surface area contributed by atoms with E-state index in [0.717, 1.165) is 17.4 Å². The lowest BCUT2D eigenvalue weighted by Gasteiger charge is -2.34. The number of nitrogens with zero attached hydrogens (tertiary/aromatic N) is 1. The number of hydrogen-bond donors (Lipinski definition) is 0. The van der Waals surface area contributed by atoms with Crippen molar-refractivity contribution in [1.82, 2.24) is 4.31 Å². The van der Waals surface area contributed by atoms with Crippen molar-refractivity contribution < 1.29 is 21.9 Å². The van der Waals surface area contributed by atoms with Crippen molar-refractivity contribution in [3.8, 4) is 0 Å². The molecule has 0 amide bonds. The zero-order chi connectivity index (χ0) is 15.7. The molecule has 2 heterocycles. The SMILES string of the molecule is O=S(=O)(c1sccc1F)N1CCOCC1c1cccc(F)c1. The fourth-order valence-electron chi connectivity index (χ4n) is 2.42. The zero-order valence-electron chi connectivity index (χ0n) is 11.4. The second-order valence-corrected chi connectivity index (χ2v) is 7.82. The highest BCUT2D eigenvalue weighted by Gasteiger charge is 2.37. The Morgan fingerprint density at radius 3 is 2.77 bits per heavy atom. The van der Waals surface area contributed by atoms with Gasteiger partial charge in [-0.1, -0.05) is 12.1 Å². The van der Waals surface area contributed by atoms with Crippen LogP contribution in [0.5, 0.6) is 0 Å². The van der Waals surface area contributed by atoms with Gasteiger partial charge in [0.25, 0.3) is 10.0 Å². The molecule has 0 aliphatic carbocycles. The Hall–Kier alpha value is -1.35. The van der Waals surface area contributed by atoms with Crippen molar-refractivity contribution in [1.29, 1.82) is 0 Å². The highest BCUT2D eigenvalue weighted by molar-refractivity contribution is 7.91. The first kappa shape index (κ1) is 15.5. The maximum Gasteiger partial charge on any atom is 0.256 e. The van der Waals surface area contributed by atoms with E-state index in [4.69, 9.17) is 4.74 Å². The number of benzene rings is 1. The molecule has 1 fully saturated rings. The van der Waals surface area contributed by atoms with Crippen LogP contribution in [0.3, 0.4) is 0 Å². The molecule has 1 unspecified atom stereocenters. The smallest absolute Gasteiger partial charge is 0.256 e. The summed E-state index contributed by atoms with van der Waals surface area (Å²) in [6.07, 6.45) is 0. The molecule has 0 radical (unpaired) electrons. The van der Waals surface area contributed by atoms with E-state index in [1.165, 1.54) is 27.9 Å². The third-order valence-corrected chi connectivity index (χ3v) is 6.76. The average molecular weight is 345 g/mol. The fourth-order valence-corrected chi connectivity index (χ4v) is 5.21. The second kappa shape index (κ2) is 6.04. The van der Waals surface area contributed by atoms with Crippen LogP contribution in [0.2, 0.25) is 0 Å².